The van der Waals surface area contributed by atoms with E-state index in [9.17, 15) is 0 Å². The van der Waals surface area contributed by atoms with Gasteiger partial charge in [0.25, 0.3) is 0 Å². The van der Waals surface area contributed by atoms with Gasteiger partial charge >= 0.3 is 0 Å². The van der Waals surface area contributed by atoms with Gasteiger partial charge < -0.3 is 5.32 Å². The highest BCUT2D eigenvalue weighted by Crippen LogP contribution is 2.46. The van der Waals surface area contributed by atoms with Gasteiger partial charge in [0.05, 0.1) is 22.1 Å². The first-order valence-electron chi connectivity index (χ1n) is 6.23. The van der Waals surface area contributed by atoms with Crippen molar-refractivity contribution in [1.29, 1.82) is 0 Å². The number of thioether (sulfide) groups is 1. The fourth-order valence-corrected chi connectivity index (χ4v) is 3.75. The Kier molecular flexibility index (Phi) is 3.19. The van der Waals surface area contributed by atoms with Crippen molar-refractivity contribution in [3.63, 3.8) is 0 Å². The third-order valence-electron chi connectivity index (χ3n) is 3.32. The van der Waals surface area contributed by atoms with Crippen LogP contribution >= 0.6 is 23.4 Å². The minimum absolute atomic E-state index is 0.715. The lowest BCUT2D eigenvalue weighted by atomic mass is 9.99. The number of anilines is 1. The van der Waals surface area contributed by atoms with Crippen molar-refractivity contribution >= 4 is 40.4 Å². The van der Waals surface area contributed by atoms with Gasteiger partial charge in [0, 0.05) is 16.8 Å². The summed E-state index contributed by atoms with van der Waals surface area (Å²) in [7, 11) is 1.88. The number of nitrogens with zero attached hydrogens (tertiary/aromatic N) is 1. The van der Waals surface area contributed by atoms with Crippen molar-refractivity contribution in [2.45, 2.75) is 25.2 Å². The second-order valence-corrected chi connectivity index (χ2v) is 6.39. The van der Waals surface area contributed by atoms with Crippen LogP contribution in [0.4, 0.5) is 11.4 Å². The van der Waals surface area contributed by atoms with E-state index >= 15 is 0 Å². The van der Waals surface area contributed by atoms with Crippen LogP contribution in [0, 0.1) is 0 Å². The Morgan fingerprint density at radius 2 is 2.11 bits per heavy atom. The van der Waals surface area contributed by atoms with E-state index < -0.39 is 0 Å². The Balaban J connectivity index is 2.16. The molecule has 1 aromatic carbocycles. The molecule has 0 atom stereocenters. The molecule has 4 heteroatoms. The standard InChI is InChI=1S/C15H15ClN2S/c1-8-4-9(2)15-13(5-8)18-12-6-10(16)11(17-3)7-14(12)19-15/h5-7,17H,4H2,1-3H3. The van der Waals surface area contributed by atoms with Gasteiger partial charge in [-0.15, -0.1) is 0 Å². The lowest BCUT2D eigenvalue weighted by Gasteiger charge is -2.23. The molecule has 1 aromatic rings. The summed E-state index contributed by atoms with van der Waals surface area (Å²) in [6, 6.07) is 4.01. The molecular formula is C15H15ClN2S. The molecule has 19 heavy (non-hydrogen) atoms. The Morgan fingerprint density at radius 1 is 1.32 bits per heavy atom. The van der Waals surface area contributed by atoms with Crippen LogP contribution in [0.3, 0.4) is 0 Å². The third-order valence-corrected chi connectivity index (χ3v) is 4.94. The lowest BCUT2D eigenvalue weighted by molar-refractivity contribution is 1.09. The first-order valence-corrected chi connectivity index (χ1v) is 7.43. The fraction of sp³-hybridized carbons (Fsp3) is 0.267. The first-order chi connectivity index (χ1) is 9.08. The van der Waals surface area contributed by atoms with Crippen LogP contribution in [0.2, 0.25) is 5.02 Å². The van der Waals surface area contributed by atoms with E-state index in [1.807, 2.05) is 13.1 Å². The molecule has 0 radical (unpaired) electrons. The van der Waals surface area contributed by atoms with Crippen LogP contribution < -0.4 is 5.32 Å². The van der Waals surface area contributed by atoms with Crippen LogP contribution in [0.1, 0.15) is 20.3 Å². The number of benzene rings is 1. The molecule has 0 amide bonds. The molecule has 2 nitrogen and oxygen atoms in total. The summed E-state index contributed by atoms with van der Waals surface area (Å²) in [5.74, 6) is 0. The van der Waals surface area contributed by atoms with Crippen molar-refractivity contribution in [1.82, 2.24) is 0 Å². The van der Waals surface area contributed by atoms with Gasteiger partial charge in [0.1, 0.15) is 0 Å². The summed E-state index contributed by atoms with van der Waals surface area (Å²) in [4.78, 5) is 7.21. The van der Waals surface area contributed by atoms with Gasteiger partial charge in [0.2, 0.25) is 0 Å². The van der Waals surface area contributed by atoms with Crippen LogP contribution in [0.25, 0.3) is 0 Å². The molecule has 0 bridgehead atoms. The predicted molar refractivity (Wildman–Crippen MR) is 85.0 cm³/mol. The lowest BCUT2D eigenvalue weighted by Crippen LogP contribution is -2.09. The van der Waals surface area contributed by atoms with Crippen LogP contribution in [-0.4, -0.2) is 12.8 Å². The van der Waals surface area contributed by atoms with Crippen molar-refractivity contribution in [2.24, 2.45) is 4.99 Å². The molecule has 3 rings (SSSR count). The third kappa shape index (κ3) is 2.21. The van der Waals surface area contributed by atoms with Gasteiger partial charge in [-0.1, -0.05) is 34.5 Å². The molecule has 1 heterocycles. The maximum atomic E-state index is 6.23. The number of nitrogens with one attached hydrogen (secondary N) is 1. The molecule has 0 fully saturated rings. The van der Waals surface area contributed by atoms with E-state index in [0.29, 0.717) is 5.02 Å². The van der Waals surface area contributed by atoms with Crippen LogP contribution in [0.5, 0.6) is 0 Å². The van der Waals surface area contributed by atoms with E-state index in [1.165, 1.54) is 20.9 Å². The minimum atomic E-state index is 0.715. The molecule has 98 valence electrons. The summed E-state index contributed by atoms with van der Waals surface area (Å²) in [5, 5.41) is 3.83. The second kappa shape index (κ2) is 4.73. The molecule has 0 aromatic heterocycles. The molecule has 1 aliphatic carbocycles. The summed E-state index contributed by atoms with van der Waals surface area (Å²) in [5.41, 5.74) is 5.75. The van der Waals surface area contributed by atoms with E-state index in [2.05, 4.69) is 31.3 Å². The Bertz CT molecular complexity index is 656. The van der Waals surface area contributed by atoms with Gasteiger partial charge in [-0.05, 0) is 38.5 Å². The molecule has 0 saturated carbocycles. The van der Waals surface area contributed by atoms with Crippen LogP contribution in [-0.2, 0) is 0 Å². The van der Waals surface area contributed by atoms with Crippen molar-refractivity contribution < 1.29 is 0 Å². The highest BCUT2D eigenvalue weighted by atomic mass is 35.5. The second-order valence-electron chi connectivity index (χ2n) is 4.93. The van der Waals surface area contributed by atoms with E-state index in [1.54, 1.807) is 11.8 Å². The predicted octanol–water partition coefficient (Wildman–Crippen LogP) is 5.18. The van der Waals surface area contributed by atoms with Crippen LogP contribution in [0.15, 0.2) is 44.1 Å². The maximum absolute atomic E-state index is 6.23. The molecule has 0 spiro atoms. The molecule has 0 saturated heterocycles. The zero-order chi connectivity index (χ0) is 13.6. The molecule has 1 aliphatic heterocycles. The monoisotopic (exact) mass is 290 g/mol. The Labute approximate surface area is 122 Å². The smallest absolute Gasteiger partial charge is 0.0793 e. The van der Waals surface area contributed by atoms with Gasteiger partial charge in [-0.25, -0.2) is 4.99 Å². The fourth-order valence-electron chi connectivity index (χ4n) is 2.43. The average Bonchev–Trinajstić information content (AvgIpc) is 2.36. The largest absolute Gasteiger partial charge is 0.387 e. The normalized spacial score (nSPS) is 17.5. The quantitative estimate of drug-likeness (QED) is 0.770. The van der Waals surface area contributed by atoms with Crippen molar-refractivity contribution in [3.05, 3.63) is 39.3 Å². The van der Waals surface area contributed by atoms with E-state index in [0.717, 1.165) is 23.5 Å². The Hall–Kier alpha value is -1.19. The molecule has 1 N–H and O–H groups in total. The number of allylic oxidation sites excluding steroid dienone is 4. The number of halogens is 1. The zero-order valence-electron chi connectivity index (χ0n) is 11.2. The highest BCUT2D eigenvalue weighted by Gasteiger charge is 2.23. The number of hydrogen-bond donors (Lipinski definition) is 1. The number of aliphatic imine (C=N–C) groups is 1. The van der Waals surface area contributed by atoms with Crippen molar-refractivity contribution in [3.8, 4) is 0 Å². The summed E-state index contributed by atoms with van der Waals surface area (Å²) < 4.78 is 0. The topological polar surface area (TPSA) is 24.4 Å². The summed E-state index contributed by atoms with van der Waals surface area (Å²) in [6.07, 6.45) is 3.22. The minimum Gasteiger partial charge on any atom is -0.387 e. The SMILES string of the molecule is CNc1cc2c(cc1Cl)N=C1C=C(C)CC(C)=C1S2. The van der Waals surface area contributed by atoms with E-state index in [4.69, 9.17) is 16.6 Å². The maximum Gasteiger partial charge on any atom is 0.0793 e. The average molecular weight is 291 g/mol. The zero-order valence-corrected chi connectivity index (χ0v) is 12.7. The number of fused-ring (bicyclic) bond motifs is 2. The van der Waals surface area contributed by atoms with Gasteiger partial charge in [0.15, 0.2) is 0 Å². The number of rotatable bonds is 1. The molecule has 2 aliphatic rings. The van der Waals surface area contributed by atoms with Gasteiger partial charge in [-0.2, -0.15) is 0 Å². The van der Waals surface area contributed by atoms with E-state index in [-0.39, 0.29) is 0 Å². The summed E-state index contributed by atoms with van der Waals surface area (Å²) in [6.45, 7) is 4.34. The summed E-state index contributed by atoms with van der Waals surface area (Å²) >= 11 is 8.02. The molecule has 0 unspecified atom stereocenters. The molecular weight excluding hydrogens is 276 g/mol. The first kappa shape index (κ1) is 12.8. The highest BCUT2D eigenvalue weighted by molar-refractivity contribution is 8.04. The van der Waals surface area contributed by atoms with Gasteiger partial charge in [-0.3, -0.25) is 0 Å². The Morgan fingerprint density at radius 3 is 2.84 bits per heavy atom. The number of hydrogen-bond acceptors (Lipinski definition) is 3. The van der Waals surface area contributed by atoms with Crippen molar-refractivity contribution in [2.75, 3.05) is 12.4 Å².